The zero-order valence-corrected chi connectivity index (χ0v) is 14.4. The second-order valence-corrected chi connectivity index (χ2v) is 7.32. The Balaban J connectivity index is 2.09. The van der Waals surface area contributed by atoms with Crippen LogP contribution in [-0.4, -0.2) is 24.4 Å². The number of rotatable bonds is 4. The van der Waals surface area contributed by atoms with Crippen molar-refractivity contribution in [1.29, 1.82) is 0 Å². The predicted molar refractivity (Wildman–Crippen MR) is 92.0 cm³/mol. The lowest BCUT2D eigenvalue weighted by Crippen LogP contribution is -2.49. The molecule has 0 saturated carbocycles. The molecular weight excluding hydrogens is 290 g/mol. The highest BCUT2D eigenvalue weighted by atomic mass is 16.2. The summed E-state index contributed by atoms with van der Waals surface area (Å²) in [7, 11) is 0. The van der Waals surface area contributed by atoms with Crippen LogP contribution in [0.4, 0.5) is 5.69 Å². The van der Waals surface area contributed by atoms with E-state index in [0.29, 0.717) is 6.42 Å². The van der Waals surface area contributed by atoms with Crippen molar-refractivity contribution in [3.05, 3.63) is 29.8 Å². The van der Waals surface area contributed by atoms with E-state index < -0.39 is 6.04 Å². The Hall–Kier alpha value is -1.88. The number of hydrogen-bond acceptors (Lipinski definition) is 3. The number of nitrogens with two attached hydrogens (primary N) is 1. The molecule has 1 aliphatic heterocycles. The molecule has 5 nitrogen and oxygen atoms in total. The molecule has 1 fully saturated rings. The van der Waals surface area contributed by atoms with Crippen LogP contribution in [0.25, 0.3) is 0 Å². The van der Waals surface area contributed by atoms with Crippen molar-refractivity contribution in [2.45, 2.75) is 52.6 Å². The van der Waals surface area contributed by atoms with E-state index in [2.05, 4.69) is 5.32 Å². The van der Waals surface area contributed by atoms with Crippen LogP contribution < -0.4 is 16.0 Å². The normalized spacial score (nSPS) is 18.0. The van der Waals surface area contributed by atoms with Crippen LogP contribution in [-0.2, 0) is 9.59 Å². The average molecular weight is 317 g/mol. The maximum absolute atomic E-state index is 12.3. The van der Waals surface area contributed by atoms with Gasteiger partial charge in [0.15, 0.2) is 0 Å². The standard InChI is InChI=1S/C18H27N3O2/c1-12(20-17(23)16(19)18(2,3)4)13-7-5-8-14(11-13)21-10-6-9-15(21)22/h5,7-8,11-12,16H,6,9-10,19H2,1-4H3,(H,20,23)/t12?,16-/m1/s1. The second-order valence-electron chi connectivity index (χ2n) is 7.32. The van der Waals surface area contributed by atoms with E-state index in [1.807, 2.05) is 52.0 Å². The van der Waals surface area contributed by atoms with Crippen molar-refractivity contribution in [2.75, 3.05) is 11.4 Å². The smallest absolute Gasteiger partial charge is 0.237 e. The third-order valence-corrected chi connectivity index (χ3v) is 4.33. The van der Waals surface area contributed by atoms with Crippen molar-refractivity contribution in [3.8, 4) is 0 Å². The highest BCUT2D eigenvalue weighted by molar-refractivity contribution is 5.95. The largest absolute Gasteiger partial charge is 0.348 e. The van der Waals surface area contributed by atoms with Gasteiger partial charge in [0, 0.05) is 18.7 Å². The Labute approximate surface area is 138 Å². The van der Waals surface area contributed by atoms with Crippen LogP contribution in [0.15, 0.2) is 24.3 Å². The van der Waals surface area contributed by atoms with Gasteiger partial charge in [-0.2, -0.15) is 0 Å². The SMILES string of the molecule is CC(NC(=O)[C@@H](N)C(C)(C)C)c1cccc(N2CCCC2=O)c1. The monoisotopic (exact) mass is 317 g/mol. The third-order valence-electron chi connectivity index (χ3n) is 4.33. The number of hydrogen-bond donors (Lipinski definition) is 2. The van der Waals surface area contributed by atoms with Crippen LogP contribution in [0.2, 0.25) is 0 Å². The van der Waals surface area contributed by atoms with E-state index in [0.717, 1.165) is 24.2 Å². The zero-order chi connectivity index (χ0) is 17.2. The van der Waals surface area contributed by atoms with E-state index in [-0.39, 0.29) is 23.3 Å². The fourth-order valence-corrected chi connectivity index (χ4v) is 2.66. The summed E-state index contributed by atoms with van der Waals surface area (Å²) in [5.41, 5.74) is 7.58. The van der Waals surface area contributed by atoms with Crippen molar-refractivity contribution in [2.24, 2.45) is 11.1 Å². The third kappa shape index (κ3) is 4.10. The lowest BCUT2D eigenvalue weighted by Gasteiger charge is -2.27. The maximum atomic E-state index is 12.3. The summed E-state index contributed by atoms with van der Waals surface area (Å²) in [6, 6.07) is 7.06. The molecule has 1 aliphatic rings. The first-order valence-corrected chi connectivity index (χ1v) is 8.16. The van der Waals surface area contributed by atoms with Crippen molar-refractivity contribution < 1.29 is 9.59 Å². The molecule has 1 heterocycles. The first-order chi connectivity index (χ1) is 10.7. The van der Waals surface area contributed by atoms with Crippen molar-refractivity contribution in [1.82, 2.24) is 5.32 Å². The minimum absolute atomic E-state index is 0.159. The van der Waals surface area contributed by atoms with E-state index in [1.54, 1.807) is 4.90 Å². The number of nitrogens with one attached hydrogen (secondary N) is 1. The summed E-state index contributed by atoms with van der Waals surface area (Å²) in [6.07, 6.45) is 1.51. The molecule has 2 amide bonds. The number of carbonyl (C=O) groups excluding carboxylic acids is 2. The summed E-state index contributed by atoms with van der Waals surface area (Å²) in [5.74, 6) is 0.00115. The Morgan fingerprint density at radius 3 is 2.61 bits per heavy atom. The van der Waals surface area contributed by atoms with Gasteiger partial charge in [-0.05, 0) is 36.5 Å². The van der Waals surface area contributed by atoms with E-state index >= 15 is 0 Å². The number of carbonyl (C=O) groups is 2. The summed E-state index contributed by atoms with van der Waals surface area (Å²) in [5, 5.41) is 2.96. The molecule has 1 saturated heterocycles. The molecule has 2 atom stereocenters. The second kappa shape index (κ2) is 6.71. The summed E-state index contributed by atoms with van der Waals surface area (Å²) < 4.78 is 0. The van der Waals surface area contributed by atoms with Gasteiger partial charge in [0.2, 0.25) is 11.8 Å². The molecule has 23 heavy (non-hydrogen) atoms. The fraction of sp³-hybridized carbons (Fsp3) is 0.556. The first kappa shape index (κ1) is 17.5. The molecule has 1 unspecified atom stereocenters. The molecule has 0 radical (unpaired) electrons. The Morgan fingerprint density at radius 2 is 2.04 bits per heavy atom. The van der Waals surface area contributed by atoms with Gasteiger partial charge in [-0.25, -0.2) is 0 Å². The van der Waals surface area contributed by atoms with Crippen molar-refractivity contribution >= 4 is 17.5 Å². The fourth-order valence-electron chi connectivity index (χ4n) is 2.66. The highest BCUT2D eigenvalue weighted by Crippen LogP contribution is 2.25. The van der Waals surface area contributed by atoms with E-state index in [4.69, 9.17) is 5.73 Å². The number of anilines is 1. The van der Waals surface area contributed by atoms with Gasteiger partial charge in [0.05, 0.1) is 12.1 Å². The van der Waals surface area contributed by atoms with Gasteiger partial charge in [-0.15, -0.1) is 0 Å². The van der Waals surface area contributed by atoms with Crippen LogP contribution in [0.3, 0.4) is 0 Å². The van der Waals surface area contributed by atoms with Crippen LogP contribution in [0, 0.1) is 5.41 Å². The molecule has 5 heteroatoms. The summed E-state index contributed by atoms with van der Waals surface area (Å²) in [4.78, 5) is 25.9. The van der Waals surface area contributed by atoms with Crippen LogP contribution >= 0.6 is 0 Å². The lowest BCUT2D eigenvalue weighted by atomic mass is 9.86. The molecule has 3 N–H and O–H groups in total. The molecule has 1 aromatic carbocycles. The van der Waals surface area contributed by atoms with Crippen molar-refractivity contribution in [3.63, 3.8) is 0 Å². The molecule has 0 aromatic heterocycles. The van der Waals surface area contributed by atoms with Crippen LogP contribution in [0.5, 0.6) is 0 Å². The molecule has 0 aliphatic carbocycles. The minimum Gasteiger partial charge on any atom is -0.348 e. The number of amides is 2. The van der Waals surface area contributed by atoms with Gasteiger partial charge in [-0.1, -0.05) is 32.9 Å². The minimum atomic E-state index is -0.562. The average Bonchev–Trinajstić information content (AvgIpc) is 2.91. The number of benzene rings is 1. The molecule has 0 bridgehead atoms. The predicted octanol–water partition coefficient (Wildman–Crippen LogP) is 2.36. The van der Waals surface area contributed by atoms with E-state index in [1.165, 1.54) is 0 Å². The van der Waals surface area contributed by atoms with Crippen LogP contribution in [0.1, 0.15) is 52.1 Å². The molecular formula is C18H27N3O2. The highest BCUT2D eigenvalue weighted by Gasteiger charge is 2.28. The van der Waals surface area contributed by atoms with E-state index in [9.17, 15) is 9.59 Å². The molecule has 1 aromatic rings. The van der Waals surface area contributed by atoms with Gasteiger partial charge < -0.3 is 16.0 Å². The summed E-state index contributed by atoms with van der Waals surface area (Å²) in [6.45, 7) is 8.53. The lowest BCUT2D eigenvalue weighted by molar-refractivity contribution is -0.125. The number of nitrogens with zero attached hydrogens (tertiary/aromatic N) is 1. The topological polar surface area (TPSA) is 75.4 Å². The maximum Gasteiger partial charge on any atom is 0.237 e. The van der Waals surface area contributed by atoms with Gasteiger partial charge in [-0.3, -0.25) is 9.59 Å². The van der Waals surface area contributed by atoms with Gasteiger partial charge in [0.25, 0.3) is 0 Å². The quantitative estimate of drug-likeness (QED) is 0.895. The molecule has 126 valence electrons. The Morgan fingerprint density at radius 1 is 1.35 bits per heavy atom. The van der Waals surface area contributed by atoms with Gasteiger partial charge >= 0.3 is 0 Å². The van der Waals surface area contributed by atoms with Gasteiger partial charge in [0.1, 0.15) is 0 Å². The first-order valence-electron chi connectivity index (χ1n) is 8.16. The Bertz CT molecular complexity index is 592. The zero-order valence-electron chi connectivity index (χ0n) is 14.4. The molecule has 2 rings (SSSR count). The Kier molecular flexibility index (Phi) is 5.09. The summed E-state index contributed by atoms with van der Waals surface area (Å²) >= 11 is 0. The molecule has 0 spiro atoms.